The highest BCUT2D eigenvalue weighted by Gasteiger charge is 2.28. The van der Waals surface area contributed by atoms with Gasteiger partial charge in [0.05, 0.1) is 22.8 Å². The van der Waals surface area contributed by atoms with Crippen LogP contribution in [-0.2, 0) is 16.6 Å². The van der Waals surface area contributed by atoms with Crippen LogP contribution in [0.15, 0.2) is 71.8 Å². The van der Waals surface area contributed by atoms with E-state index in [1.165, 1.54) is 10.4 Å². The van der Waals surface area contributed by atoms with E-state index < -0.39 is 10.0 Å². The van der Waals surface area contributed by atoms with Gasteiger partial charge in [-0.25, -0.2) is 8.42 Å². The number of pyridine rings is 1. The molecule has 0 unspecified atom stereocenters. The van der Waals surface area contributed by atoms with Crippen molar-refractivity contribution in [2.24, 2.45) is 0 Å². The first-order chi connectivity index (χ1) is 12.4. The van der Waals surface area contributed by atoms with Gasteiger partial charge >= 0.3 is 0 Å². The maximum Gasteiger partial charge on any atom is 0.265 e. The fraction of sp³-hybridized carbons (Fsp3) is 0.150. The molecular formula is C20H20N2O3S. The second kappa shape index (κ2) is 7.17. The van der Waals surface area contributed by atoms with Crippen LogP contribution in [0.3, 0.4) is 0 Å². The minimum absolute atomic E-state index is 0.0219. The highest BCUT2D eigenvalue weighted by molar-refractivity contribution is 7.92. The molecular weight excluding hydrogens is 348 g/mol. The monoisotopic (exact) mass is 368 g/mol. The second-order valence-corrected chi connectivity index (χ2v) is 7.92. The molecule has 0 saturated heterocycles. The summed E-state index contributed by atoms with van der Waals surface area (Å²) in [6.07, 6.45) is 1.61. The highest BCUT2D eigenvalue weighted by atomic mass is 32.2. The smallest absolute Gasteiger partial charge is 0.265 e. The number of phenolic OH excluding ortho intramolecular Hbond substituents is 1. The molecule has 0 radical (unpaired) electrons. The van der Waals surface area contributed by atoms with Crippen LogP contribution >= 0.6 is 0 Å². The molecule has 0 aliphatic carbocycles. The first-order valence-corrected chi connectivity index (χ1v) is 9.61. The maximum absolute atomic E-state index is 13.4. The van der Waals surface area contributed by atoms with E-state index >= 15 is 0 Å². The van der Waals surface area contributed by atoms with Gasteiger partial charge in [-0.3, -0.25) is 9.29 Å². The lowest BCUT2D eigenvalue weighted by molar-refractivity contribution is 0.475. The summed E-state index contributed by atoms with van der Waals surface area (Å²) in [5.41, 5.74) is 2.45. The van der Waals surface area contributed by atoms with E-state index in [2.05, 4.69) is 4.98 Å². The van der Waals surface area contributed by atoms with E-state index in [-0.39, 0.29) is 22.9 Å². The van der Waals surface area contributed by atoms with E-state index in [0.717, 1.165) is 5.56 Å². The zero-order valence-electron chi connectivity index (χ0n) is 14.6. The number of rotatable bonds is 5. The molecule has 1 heterocycles. The van der Waals surface area contributed by atoms with Crippen molar-refractivity contribution in [3.05, 3.63) is 83.7 Å². The molecule has 0 aliphatic heterocycles. The van der Waals surface area contributed by atoms with Crippen LogP contribution in [0.25, 0.3) is 0 Å². The van der Waals surface area contributed by atoms with Crippen molar-refractivity contribution in [2.75, 3.05) is 4.31 Å². The molecule has 0 fully saturated rings. The SMILES string of the molecule is Cc1ccc(S(=O)(=O)N(Cc2ccccn2)c2ccccc2O)c(C)c1. The summed E-state index contributed by atoms with van der Waals surface area (Å²) in [6, 6.07) is 16.9. The second-order valence-electron chi connectivity index (χ2n) is 6.09. The number of phenols is 1. The van der Waals surface area contributed by atoms with Crippen LogP contribution in [-0.4, -0.2) is 18.5 Å². The van der Waals surface area contributed by atoms with Gasteiger partial charge in [-0.15, -0.1) is 0 Å². The predicted molar refractivity (Wildman–Crippen MR) is 102 cm³/mol. The Kier molecular flexibility index (Phi) is 4.95. The maximum atomic E-state index is 13.4. The van der Waals surface area contributed by atoms with Gasteiger partial charge in [0.1, 0.15) is 5.75 Å². The molecule has 3 rings (SSSR count). The van der Waals surface area contributed by atoms with E-state index in [4.69, 9.17) is 0 Å². The van der Waals surface area contributed by atoms with Crippen molar-refractivity contribution in [2.45, 2.75) is 25.3 Å². The first kappa shape index (κ1) is 17.9. The molecule has 0 amide bonds. The number of anilines is 1. The summed E-state index contributed by atoms with van der Waals surface area (Å²) in [7, 11) is -3.89. The predicted octanol–water partition coefficient (Wildman–Crippen LogP) is 3.80. The van der Waals surface area contributed by atoms with Gasteiger partial charge in [-0.1, -0.05) is 35.9 Å². The highest BCUT2D eigenvalue weighted by Crippen LogP contribution is 2.33. The fourth-order valence-electron chi connectivity index (χ4n) is 2.82. The molecule has 3 aromatic rings. The van der Waals surface area contributed by atoms with Crippen LogP contribution < -0.4 is 4.31 Å². The molecule has 0 aliphatic rings. The van der Waals surface area contributed by atoms with Crippen LogP contribution in [0.1, 0.15) is 16.8 Å². The molecule has 6 heteroatoms. The lowest BCUT2D eigenvalue weighted by Gasteiger charge is -2.25. The van der Waals surface area contributed by atoms with Crippen molar-refractivity contribution < 1.29 is 13.5 Å². The third-order valence-electron chi connectivity index (χ3n) is 4.08. The standard InChI is InChI=1S/C20H20N2O3S/c1-15-10-11-20(16(2)13-15)26(24,25)22(14-17-7-5-6-12-21-17)18-8-3-4-9-19(18)23/h3-13,23H,14H2,1-2H3. The van der Waals surface area contributed by atoms with Crippen LogP contribution in [0.5, 0.6) is 5.75 Å². The van der Waals surface area contributed by atoms with E-state index in [9.17, 15) is 13.5 Å². The third kappa shape index (κ3) is 3.55. The fourth-order valence-corrected chi connectivity index (χ4v) is 4.48. The molecule has 0 saturated carbocycles. The van der Waals surface area contributed by atoms with E-state index in [1.807, 2.05) is 13.0 Å². The Morgan fingerprint density at radius 2 is 1.73 bits per heavy atom. The quantitative estimate of drug-likeness (QED) is 0.744. The molecule has 0 atom stereocenters. The molecule has 5 nitrogen and oxygen atoms in total. The summed E-state index contributed by atoms with van der Waals surface area (Å²) in [5.74, 6) is -0.100. The molecule has 2 aromatic carbocycles. The lowest BCUT2D eigenvalue weighted by atomic mass is 10.2. The summed E-state index contributed by atoms with van der Waals surface area (Å²) in [5, 5.41) is 10.3. The van der Waals surface area contributed by atoms with Crippen molar-refractivity contribution in [1.29, 1.82) is 0 Å². The Labute approximate surface area is 153 Å². The molecule has 26 heavy (non-hydrogen) atoms. The third-order valence-corrected chi connectivity index (χ3v) is 6.00. The molecule has 1 N–H and O–H groups in total. The number of aromatic nitrogens is 1. The Balaban J connectivity index is 2.15. The Hall–Kier alpha value is -2.86. The largest absolute Gasteiger partial charge is 0.506 e. The van der Waals surface area contributed by atoms with Gasteiger partial charge in [0.2, 0.25) is 0 Å². The summed E-state index contributed by atoms with van der Waals surface area (Å²) < 4.78 is 28.0. The Morgan fingerprint density at radius 3 is 2.38 bits per heavy atom. The van der Waals surface area contributed by atoms with Crippen molar-refractivity contribution in [1.82, 2.24) is 4.98 Å². The average molecular weight is 368 g/mol. The number of hydrogen-bond acceptors (Lipinski definition) is 4. The number of para-hydroxylation sites is 2. The van der Waals surface area contributed by atoms with Crippen LogP contribution in [0.4, 0.5) is 5.69 Å². The lowest BCUT2D eigenvalue weighted by Crippen LogP contribution is -2.31. The average Bonchev–Trinajstić information content (AvgIpc) is 2.61. The Morgan fingerprint density at radius 1 is 1.00 bits per heavy atom. The summed E-state index contributed by atoms with van der Waals surface area (Å²) in [6.45, 7) is 3.70. The van der Waals surface area contributed by atoms with E-state index in [0.29, 0.717) is 11.3 Å². The number of aryl methyl sites for hydroxylation is 2. The number of hydrogen-bond donors (Lipinski definition) is 1. The minimum atomic E-state index is -3.89. The first-order valence-electron chi connectivity index (χ1n) is 8.17. The molecule has 0 spiro atoms. The number of benzene rings is 2. The Bertz CT molecular complexity index is 1020. The zero-order valence-corrected chi connectivity index (χ0v) is 15.4. The van der Waals surface area contributed by atoms with Gasteiger partial charge in [0.25, 0.3) is 10.0 Å². The molecule has 0 bridgehead atoms. The zero-order chi connectivity index (χ0) is 18.7. The number of sulfonamides is 1. The molecule has 1 aromatic heterocycles. The topological polar surface area (TPSA) is 70.5 Å². The molecule has 134 valence electrons. The van der Waals surface area contributed by atoms with Crippen molar-refractivity contribution >= 4 is 15.7 Å². The van der Waals surface area contributed by atoms with Gasteiger partial charge in [-0.05, 0) is 49.7 Å². The van der Waals surface area contributed by atoms with Gasteiger partial charge in [0, 0.05) is 6.20 Å². The minimum Gasteiger partial charge on any atom is -0.506 e. The number of aromatic hydroxyl groups is 1. The van der Waals surface area contributed by atoms with Gasteiger partial charge in [-0.2, -0.15) is 0 Å². The normalized spacial score (nSPS) is 11.3. The van der Waals surface area contributed by atoms with Gasteiger partial charge in [0.15, 0.2) is 0 Å². The van der Waals surface area contributed by atoms with Crippen LogP contribution in [0, 0.1) is 13.8 Å². The van der Waals surface area contributed by atoms with Crippen molar-refractivity contribution in [3.8, 4) is 5.75 Å². The van der Waals surface area contributed by atoms with E-state index in [1.54, 1.807) is 61.7 Å². The summed E-state index contributed by atoms with van der Waals surface area (Å²) >= 11 is 0. The van der Waals surface area contributed by atoms with Crippen molar-refractivity contribution in [3.63, 3.8) is 0 Å². The number of nitrogens with zero attached hydrogens (tertiary/aromatic N) is 2. The van der Waals surface area contributed by atoms with Crippen LogP contribution in [0.2, 0.25) is 0 Å². The van der Waals surface area contributed by atoms with Gasteiger partial charge < -0.3 is 5.11 Å². The summed E-state index contributed by atoms with van der Waals surface area (Å²) in [4.78, 5) is 4.44.